The number of hydrogen-bond acceptors (Lipinski definition) is 6. The van der Waals surface area contributed by atoms with Crippen LogP contribution in [0.4, 0.5) is 0 Å². The van der Waals surface area contributed by atoms with E-state index in [0.717, 1.165) is 0 Å². The van der Waals surface area contributed by atoms with Crippen LogP contribution in [0.2, 0.25) is 0 Å². The summed E-state index contributed by atoms with van der Waals surface area (Å²) in [7, 11) is 0. The number of carboxylic acids is 1. The molecule has 4 N–H and O–H groups in total. The Hall–Kier alpha value is -3.60. The Morgan fingerprint density at radius 2 is 1.97 bits per heavy atom. The predicted molar refractivity (Wildman–Crippen MR) is 132 cm³/mol. The lowest BCUT2D eigenvalue weighted by Crippen LogP contribution is -2.52. The second-order valence-corrected chi connectivity index (χ2v) is 9.25. The fourth-order valence-electron chi connectivity index (χ4n) is 3.80. The molecule has 1 aliphatic heterocycles. The Bertz CT molecular complexity index is 1090. The van der Waals surface area contributed by atoms with Crippen molar-refractivity contribution >= 4 is 42.4 Å². The first-order chi connectivity index (χ1) is 16.7. The minimum atomic E-state index is -1.26. The van der Waals surface area contributed by atoms with Gasteiger partial charge in [-0.05, 0) is 18.1 Å². The van der Waals surface area contributed by atoms with Gasteiger partial charge in [-0.25, -0.2) is 9.78 Å². The number of aromatic amines is 1. The first-order valence-electron chi connectivity index (χ1n) is 11.2. The maximum absolute atomic E-state index is 13.3. The van der Waals surface area contributed by atoms with Crippen molar-refractivity contribution in [3.05, 3.63) is 59.8 Å². The zero-order valence-corrected chi connectivity index (χ0v) is 20.4. The molecule has 1 aromatic heterocycles. The van der Waals surface area contributed by atoms with Gasteiger partial charge in [-0.2, -0.15) is 12.6 Å². The highest BCUT2D eigenvalue weighted by molar-refractivity contribution is 7.81. The van der Waals surface area contributed by atoms with Gasteiger partial charge < -0.3 is 25.6 Å². The highest BCUT2D eigenvalue weighted by Crippen LogP contribution is 2.25. The topological polar surface area (TPSA) is 144 Å². The summed E-state index contributed by atoms with van der Waals surface area (Å²) in [5.74, 6) is -3.05. The number of aliphatic carboxylic acids is 1. The molecule has 0 spiro atoms. The lowest BCUT2D eigenvalue weighted by molar-refractivity contribution is -0.141. The second-order valence-electron chi connectivity index (χ2n) is 8.59. The highest BCUT2D eigenvalue weighted by Gasteiger charge is 2.41. The summed E-state index contributed by atoms with van der Waals surface area (Å²) in [5, 5.41) is 14.3. The van der Waals surface area contributed by atoms with E-state index in [-0.39, 0.29) is 23.9 Å². The molecule has 3 amide bonds. The van der Waals surface area contributed by atoms with Crippen LogP contribution >= 0.6 is 12.6 Å². The molecule has 1 aromatic carbocycles. The number of carbonyl (C=O) groups is 4. The van der Waals surface area contributed by atoms with Crippen LogP contribution in [0.3, 0.4) is 0 Å². The molecule has 11 heteroatoms. The molecule has 1 unspecified atom stereocenters. The smallest absolute Gasteiger partial charge is 0.326 e. The third-order valence-corrected chi connectivity index (χ3v) is 6.15. The van der Waals surface area contributed by atoms with Gasteiger partial charge >= 0.3 is 5.97 Å². The molecule has 0 radical (unpaired) electrons. The molecular formula is C24H29N5O5S. The van der Waals surface area contributed by atoms with Gasteiger partial charge in [0.25, 0.3) is 5.91 Å². The number of amides is 3. The van der Waals surface area contributed by atoms with Gasteiger partial charge in [0.15, 0.2) is 0 Å². The van der Waals surface area contributed by atoms with E-state index in [0.29, 0.717) is 24.2 Å². The molecule has 10 nitrogen and oxygen atoms in total. The van der Waals surface area contributed by atoms with Gasteiger partial charge in [0.05, 0.1) is 6.33 Å². The lowest BCUT2D eigenvalue weighted by Gasteiger charge is -2.27. The molecule has 1 saturated heterocycles. The summed E-state index contributed by atoms with van der Waals surface area (Å²) in [6.07, 6.45) is 4.86. The molecule has 35 heavy (non-hydrogen) atoms. The third-order valence-electron chi connectivity index (χ3n) is 5.61. The van der Waals surface area contributed by atoms with Crippen LogP contribution < -0.4 is 10.6 Å². The van der Waals surface area contributed by atoms with Gasteiger partial charge in [-0.15, -0.1) is 0 Å². The number of H-pyrrole nitrogens is 1. The summed E-state index contributed by atoms with van der Waals surface area (Å²) in [4.78, 5) is 59.0. The van der Waals surface area contributed by atoms with Gasteiger partial charge in [0.1, 0.15) is 17.8 Å². The number of aromatic nitrogens is 2. The Morgan fingerprint density at radius 1 is 1.26 bits per heavy atom. The SMILES string of the molecule is CC(C)C(=O)N1CCC(S)[C@H]1C(=O)NC(=Cc1ccccc1)C(=O)N[C@@H](Cc1cnc[nH]1)C(=O)O. The van der Waals surface area contributed by atoms with E-state index in [1.54, 1.807) is 44.2 Å². The maximum Gasteiger partial charge on any atom is 0.326 e. The number of likely N-dealkylation sites (tertiary alicyclic amines) is 1. The van der Waals surface area contributed by atoms with E-state index in [9.17, 15) is 24.3 Å². The van der Waals surface area contributed by atoms with Crippen LogP contribution in [0, 0.1) is 5.92 Å². The van der Waals surface area contributed by atoms with Crippen LogP contribution in [0.5, 0.6) is 0 Å². The highest BCUT2D eigenvalue weighted by atomic mass is 32.1. The van der Waals surface area contributed by atoms with Crippen LogP contribution in [0.1, 0.15) is 31.5 Å². The summed E-state index contributed by atoms with van der Waals surface area (Å²) in [5.41, 5.74) is 1.02. The molecule has 186 valence electrons. The first kappa shape index (κ1) is 26.0. The number of carbonyl (C=O) groups excluding carboxylic acids is 3. The number of nitrogens with one attached hydrogen (secondary N) is 3. The van der Waals surface area contributed by atoms with Crippen molar-refractivity contribution in [3.63, 3.8) is 0 Å². The van der Waals surface area contributed by atoms with Crippen molar-refractivity contribution in [2.75, 3.05) is 6.54 Å². The van der Waals surface area contributed by atoms with Crippen molar-refractivity contribution in [1.29, 1.82) is 0 Å². The molecule has 0 aliphatic carbocycles. The number of carboxylic acid groups (broad SMARTS) is 1. The number of rotatable bonds is 9. The van der Waals surface area contributed by atoms with Crippen molar-refractivity contribution in [3.8, 4) is 0 Å². The van der Waals surface area contributed by atoms with Gasteiger partial charge in [-0.3, -0.25) is 14.4 Å². The molecule has 2 aromatic rings. The molecule has 3 atom stereocenters. The Balaban J connectivity index is 1.85. The van der Waals surface area contributed by atoms with E-state index in [2.05, 4.69) is 33.2 Å². The van der Waals surface area contributed by atoms with Crippen molar-refractivity contribution in [1.82, 2.24) is 25.5 Å². The van der Waals surface area contributed by atoms with Crippen molar-refractivity contribution < 1.29 is 24.3 Å². The fourth-order valence-corrected chi connectivity index (χ4v) is 4.22. The fraction of sp³-hybridized carbons (Fsp3) is 0.375. The van der Waals surface area contributed by atoms with Crippen LogP contribution in [0.15, 0.2) is 48.6 Å². The van der Waals surface area contributed by atoms with E-state index in [1.165, 1.54) is 23.5 Å². The average Bonchev–Trinajstić information content (AvgIpc) is 3.47. The Morgan fingerprint density at radius 3 is 2.57 bits per heavy atom. The van der Waals surface area contributed by atoms with Crippen LogP contribution in [0.25, 0.3) is 6.08 Å². The molecule has 0 bridgehead atoms. The zero-order chi connectivity index (χ0) is 25.5. The number of imidazole rings is 1. The van der Waals surface area contributed by atoms with E-state index in [4.69, 9.17) is 0 Å². The second kappa shape index (κ2) is 11.7. The van der Waals surface area contributed by atoms with E-state index < -0.39 is 35.1 Å². The normalized spacial score (nSPS) is 18.9. The Labute approximate surface area is 208 Å². The van der Waals surface area contributed by atoms with E-state index in [1.807, 2.05) is 0 Å². The first-order valence-corrected chi connectivity index (χ1v) is 11.8. The van der Waals surface area contributed by atoms with E-state index >= 15 is 0 Å². The minimum Gasteiger partial charge on any atom is -0.480 e. The summed E-state index contributed by atoms with van der Waals surface area (Å²) in [6.45, 7) is 3.89. The van der Waals surface area contributed by atoms with Crippen LogP contribution in [-0.4, -0.2) is 67.5 Å². The quantitative estimate of drug-likeness (QED) is 0.259. The third kappa shape index (κ3) is 6.72. The van der Waals surface area contributed by atoms with Crippen molar-refractivity contribution in [2.24, 2.45) is 5.92 Å². The number of hydrogen-bond donors (Lipinski definition) is 5. The van der Waals surface area contributed by atoms with Crippen LogP contribution in [-0.2, 0) is 25.6 Å². The van der Waals surface area contributed by atoms with Crippen molar-refractivity contribution in [2.45, 2.75) is 44.0 Å². The lowest BCUT2D eigenvalue weighted by atomic mass is 10.1. The number of thiol groups is 1. The van der Waals surface area contributed by atoms with Gasteiger partial charge in [-0.1, -0.05) is 44.2 Å². The minimum absolute atomic E-state index is 0.0222. The largest absolute Gasteiger partial charge is 0.480 e. The summed E-state index contributed by atoms with van der Waals surface area (Å²) in [6, 6.07) is 6.70. The molecule has 2 heterocycles. The zero-order valence-electron chi connectivity index (χ0n) is 19.5. The standard InChI is InChI=1S/C24H29N5O5S/c1-14(2)23(32)29-9-8-19(35)20(29)22(31)27-17(10-15-6-4-3-5-7-15)21(30)28-18(24(33)34)11-16-12-25-13-26-16/h3-7,10,12-14,18-20,35H,8-9,11H2,1-2H3,(H,25,26)(H,27,31)(H,28,30)(H,33,34)/t18-,19?,20-/m0/s1. The Kier molecular flexibility index (Phi) is 8.69. The molecule has 3 rings (SSSR count). The average molecular weight is 500 g/mol. The number of benzene rings is 1. The maximum atomic E-state index is 13.3. The monoisotopic (exact) mass is 499 g/mol. The predicted octanol–water partition coefficient (Wildman–Crippen LogP) is 1.23. The van der Waals surface area contributed by atoms with Gasteiger partial charge in [0.2, 0.25) is 11.8 Å². The molecular weight excluding hydrogens is 470 g/mol. The molecule has 0 saturated carbocycles. The summed E-state index contributed by atoms with van der Waals surface area (Å²) >= 11 is 4.49. The number of nitrogens with zero attached hydrogens (tertiary/aromatic N) is 2. The molecule has 1 aliphatic rings. The summed E-state index contributed by atoms with van der Waals surface area (Å²) < 4.78 is 0. The van der Waals surface area contributed by atoms with Gasteiger partial charge in [0, 0.05) is 36.0 Å². The molecule has 1 fully saturated rings.